The lowest BCUT2D eigenvalue weighted by Gasteiger charge is -2.14. The van der Waals surface area contributed by atoms with Crippen molar-refractivity contribution in [3.05, 3.63) is 53.4 Å². The van der Waals surface area contributed by atoms with Gasteiger partial charge in [-0.3, -0.25) is 4.68 Å². The lowest BCUT2D eigenvalue weighted by molar-refractivity contribution is 0.529. The van der Waals surface area contributed by atoms with Crippen LogP contribution in [0.4, 0.5) is 8.78 Å². The highest BCUT2D eigenvalue weighted by Crippen LogP contribution is 2.19. The van der Waals surface area contributed by atoms with Crippen molar-refractivity contribution in [2.45, 2.75) is 12.5 Å². The summed E-state index contributed by atoms with van der Waals surface area (Å²) in [7, 11) is 3.62. The van der Waals surface area contributed by atoms with Crippen LogP contribution in [-0.2, 0) is 13.5 Å². The van der Waals surface area contributed by atoms with Crippen LogP contribution in [0.15, 0.2) is 30.5 Å². The van der Waals surface area contributed by atoms with E-state index in [9.17, 15) is 8.78 Å². The highest BCUT2D eigenvalue weighted by molar-refractivity contribution is 5.21. The van der Waals surface area contributed by atoms with Gasteiger partial charge >= 0.3 is 0 Å². The largest absolute Gasteiger partial charge is 0.311 e. The number of hydrogen-bond donors (Lipinski definition) is 1. The van der Waals surface area contributed by atoms with Gasteiger partial charge in [0.2, 0.25) is 0 Å². The minimum Gasteiger partial charge on any atom is -0.311 e. The maximum absolute atomic E-state index is 13.6. The molecule has 1 unspecified atom stereocenters. The Bertz CT molecular complexity index is 537. The summed E-state index contributed by atoms with van der Waals surface area (Å²) in [5.41, 5.74) is 1.31. The van der Waals surface area contributed by atoms with Crippen LogP contribution >= 0.6 is 0 Å². The predicted molar refractivity (Wildman–Crippen MR) is 65.1 cm³/mol. The quantitative estimate of drug-likeness (QED) is 0.902. The first kappa shape index (κ1) is 12.7. The molecule has 0 radical (unpaired) electrons. The molecule has 0 aliphatic rings. The standard InChI is InChI=1S/C13H15F2N3/c1-16-13(12-5-6-18(2)17-12)7-9-3-4-10(14)8-11(9)15/h3-6,8,13,16H,7H2,1-2H3. The fraction of sp³-hybridized carbons (Fsp3) is 0.308. The molecule has 2 rings (SSSR count). The molecular formula is C13H15F2N3. The Kier molecular flexibility index (Phi) is 3.72. The fourth-order valence-electron chi connectivity index (χ4n) is 1.88. The van der Waals surface area contributed by atoms with E-state index in [0.29, 0.717) is 12.0 Å². The van der Waals surface area contributed by atoms with Crippen molar-refractivity contribution in [2.24, 2.45) is 7.05 Å². The first-order valence-electron chi connectivity index (χ1n) is 5.71. The molecule has 0 amide bonds. The second kappa shape index (κ2) is 5.27. The molecule has 0 aliphatic carbocycles. The third-order valence-electron chi connectivity index (χ3n) is 2.88. The van der Waals surface area contributed by atoms with E-state index in [0.717, 1.165) is 11.8 Å². The molecule has 1 aromatic carbocycles. The number of nitrogens with zero attached hydrogens (tertiary/aromatic N) is 2. The molecule has 1 atom stereocenters. The van der Waals surface area contributed by atoms with Crippen LogP contribution in [0.5, 0.6) is 0 Å². The normalized spacial score (nSPS) is 12.7. The molecule has 3 nitrogen and oxygen atoms in total. The van der Waals surface area contributed by atoms with Gasteiger partial charge in [0.1, 0.15) is 11.6 Å². The predicted octanol–water partition coefficient (Wildman–Crippen LogP) is 2.20. The summed E-state index contributed by atoms with van der Waals surface area (Å²) < 4.78 is 28.1. The van der Waals surface area contributed by atoms with Crippen molar-refractivity contribution >= 4 is 0 Å². The third-order valence-corrected chi connectivity index (χ3v) is 2.88. The number of benzene rings is 1. The number of aromatic nitrogens is 2. The van der Waals surface area contributed by atoms with E-state index in [4.69, 9.17) is 0 Å². The Morgan fingerprint density at radius 3 is 2.67 bits per heavy atom. The molecule has 2 aromatic rings. The summed E-state index contributed by atoms with van der Waals surface area (Å²) in [6.45, 7) is 0. The number of likely N-dealkylation sites (N-methyl/N-ethyl adjacent to an activating group) is 1. The summed E-state index contributed by atoms with van der Waals surface area (Å²) in [6.07, 6.45) is 2.26. The zero-order valence-electron chi connectivity index (χ0n) is 10.3. The summed E-state index contributed by atoms with van der Waals surface area (Å²) in [6, 6.07) is 5.43. The molecule has 96 valence electrons. The molecule has 0 saturated carbocycles. The number of hydrogen-bond acceptors (Lipinski definition) is 2. The van der Waals surface area contributed by atoms with Crippen LogP contribution in [-0.4, -0.2) is 16.8 Å². The van der Waals surface area contributed by atoms with Crippen molar-refractivity contribution in [2.75, 3.05) is 7.05 Å². The summed E-state index contributed by atoms with van der Waals surface area (Å²) in [5, 5.41) is 7.37. The van der Waals surface area contributed by atoms with Crippen molar-refractivity contribution < 1.29 is 8.78 Å². The van der Waals surface area contributed by atoms with E-state index in [1.54, 1.807) is 11.7 Å². The van der Waals surface area contributed by atoms with Gasteiger partial charge in [-0.25, -0.2) is 8.78 Å². The maximum atomic E-state index is 13.6. The molecule has 0 bridgehead atoms. The van der Waals surface area contributed by atoms with Gasteiger partial charge in [0, 0.05) is 19.3 Å². The van der Waals surface area contributed by atoms with E-state index >= 15 is 0 Å². The molecule has 1 N–H and O–H groups in total. The second-order valence-corrected chi connectivity index (χ2v) is 4.20. The fourth-order valence-corrected chi connectivity index (χ4v) is 1.88. The summed E-state index contributed by atoms with van der Waals surface area (Å²) >= 11 is 0. The average Bonchev–Trinajstić information content (AvgIpc) is 2.75. The molecular weight excluding hydrogens is 236 g/mol. The Labute approximate surface area is 104 Å². The van der Waals surface area contributed by atoms with Crippen LogP contribution in [0, 0.1) is 11.6 Å². The summed E-state index contributed by atoms with van der Waals surface area (Å²) in [4.78, 5) is 0. The highest BCUT2D eigenvalue weighted by atomic mass is 19.1. The third kappa shape index (κ3) is 2.73. The highest BCUT2D eigenvalue weighted by Gasteiger charge is 2.15. The van der Waals surface area contributed by atoms with Gasteiger partial charge < -0.3 is 5.32 Å². The van der Waals surface area contributed by atoms with Gasteiger partial charge in [-0.05, 0) is 31.2 Å². The molecule has 0 spiro atoms. The van der Waals surface area contributed by atoms with E-state index in [1.807, 2.05) is 19.3 Å². The Hall–Kier alpha value is -1.75. The van der Waals surface area contributed by atoms with E-state index in [2.05, 4.69) is 10.4 Å². The van der Waals surface area contributed by atoms with E-state index in [1.165, 1.54) is 12.1 Å². The van der Waals surface area contributed by atoms with Crippen molar-refractivity contribution in [1.82, 2.24) is 15.1 Å². The molecule has 5 heteroatoms. The Balaban J connectivity index is 2.20. The molecule has 1 heterocycles. The number of aryl methyl sites for hydroxylation is 1. The Morgan fingerprint density at radius 1 is 1.33 bits per heavy atom. The molecule has 0 aliphatic heterocycles. The number of halogens is 2. The lowest BCUT2D eigenvalue weighted by Crippen LogP contribution is -2.20. The number of rotatable bonds is 4. The van der Waals surface area contributed by atoms with Gasteiger partial charge in [0.15, 0.2) is 0 Å². The molecule has 18 heavy (non-hydrogen) atoms. The first-order chi connectivity index (χ1) is 8.60. The Morgan fingerprint density at radius 2 is 2.11 bits per heavy atom. The lowest BCUT2D eigenvalue weighted by atomic mass is 10.0. The maximum Gasteiger partial charge on any atom is 0.129 e. The number of nitrogens with one attached hydrogen (secondary N) is 1. The van der Waals surface area contributed by atoms with Gasteiger partial charge in [0.25, 0.3) is 0 Å². The minimum atomic E-state index is -0.560. The van der Waals surface area contributed by atoms with E-state index in [-0.39, 0.29) is 6.04 Å². The smallest absolute Gasteiger partial charge is 0.129 e. The van der Waals surface area contributed by atoms with Gasteiger partial charge in [-0.15, -0.1) is 0 Å². The van der Waals surface area contributed by atoms with Crippen molar-refractivity contribution in [1.29, 1.82) is 0 Å². The van der Waals surface area contributed by atoms with E-state index < -0.39 is 11.6 Å². The molecule has 0 saturated heterocycles. The summed E-state index contributed by atoms with van der Waals surface area (Å²) in [5.74, 6) is -1.08. The van der Waals surface area contributed by atoms with Crippen LogP contribution in [0.2, 0.25) is 0 Å². The van der Waals surface area contributed by atoms with Gasteiger partial charge in [-0.2, -0.15) is 5.10 Å². The van der Waals surface area contributed by atoms with Crippen LogP contribution in [0.25, 0.3) is 0 Å². The average molecular weight is 251 g/mol. The van der Waals surface area contributed by atoms with Crippen molar-refractivity contribution in [3.63, 3.8) is 0 Å². The van der Waals surface area contributed by atoms with Crippen LogP contribution in [0.3, 0.4) is 0 Å². The van der Waals surface area contributed by atoms with Gasteiger partial charge in [0.05, 0.1) is 11.7 Å². The topological polar surface area (TPSA) is 29.9 Å². The van der Waals surface area contributed by atoms with Crippen LogP contribution < -0.4 is 5.32 Å². The van der Waals surface area contributed by atoms with Crippen LogP contribution in [0.1, 0.15) is 17.3 Å². The zero-order chi connectivity index (χ0) is 13.1. The SMILES string of the molecule is CNC(Cc1ccc(F)cc1F)c1ccn(C)n1. The monoisotopic (exact) mass is 251 g/mol. The second-order valence-electron chi connectivity index (χ2n) is 4.20. The zero-order valence-corrected chi connectivity index (χ0v) is 10.3. The minimum absolute atomic E-state index is 0.0915. The first-order valence-corrected chi connectivity index (χ1v) is 5.71. The molecule has 0 fully saturated rings. The van der Waals surface area contributed by atoms with Crippen molar-refractivity contribution in [3.8, 4) is 0 Å². The van der Waals surface area contributed by atoms with Gasteiger partial charge in [-0.1, -0.05) is 6.07 Å². The molecule has 1 aromatic heterocycles.